The largest absolute Gasteiger partial charge is 0.455 e. The fourth-order valence-corrected chi connectivity index (χ4v) is 3.02. The van der Waals surface area contributed by atoms with Gasteiger partial charge in [0.15, 0.2) is 0 Å². The fourth-order valence-electron chi connectivity index (χ4n) is 3.02. The van der Waals surface area contributed by atoms with Gasteiger partial charge < -0.3 is 4.42 Å². The summed E-state index contributed by atoms with van der Waals surface area (Å²) in [6.45, 7) is 3.90. The van der Waals surface area contributed by atoms with Crippen LogP contribution in [0.25, 0.3) is 33.6 Å². The van der Waals surface area contributed by atoms with Gasteiger partial charge in [-0.25, -0.2) is 4.68 Å². The number of benzene rings is 2. The van der Waals surface area contributed by atoms with Crippen LogP contribution in [0, 0.1) is 0 Å². The van der Waals surface area contributed by atoms with Gasteiger partial charge in [-0.2, -0.15) is 5.10 Å². The van der Waals surface area contributed by atoms with Crippen LogP contribution in [0.4, 0.5) is 0 Å². The predicted octanol–water partition coefficient (Wildman–Crippen LogP) is 4.90. The Hall–Kier alpha value is -3.14. The van der Waals surface area contributed by atoms with E-state index in [0.717, 1.165) is 33.6 Å². The van der Waals surface area contributed by atoms with Crippen LogP contribution in [0.5, 0.6) is 0 Å². The van der Waals surface area contributed by atoms with Crippen molar-refractivity contribution >= 4 is 11.0 Å². The molecule has 25 heavy (non-hydrogen) atoms. The van der Waals surface area contributed by atoms with E-state index in [1.54, 1.807) is 12.1 Å². The zero-order valence-corrected chi connectivity index (χ0v) is 14.1. The van der Waals surface area contributed by atoms with E-state index in [4.69, 9.17) is 4.42 Å². The minimum Gasteiger partial charge on any atom is -0.455 e. The molecular formula is C21H18N2O2. The monoisotopic (exact) mass is 330 g/mol. The van der Waals surface area contributed by atoms with Crippen molar-refractivity contribution in [1.29, 1.82) is 0 Å². The molecular weight excluding hydrogens is 312 g/mol. The summed E-state index contributed by atoms with van der Waals surface area (Å²) >= 11 is 0. The average molecular weight is 330 g/mol. The molecule has 0 aliphatic heterocycles. The van der Waals surface area contributed by atoms with Gasteiger partial charge in [0.25, 0.3) is 5.56 Å². The number of hydrogen-bond donors (Lipinski definition) is 0. The van der Waals surface area contributed by atoms with Crippen LogP contribution in [0.15, 0.2) is 75.9 Å². The molecule has 0 spiro atoms. The summed E-state index contributed by atoms with van der Waals surface area (Å²) in [5.41, 5.74) is 3.33. The molecule has 2 aromatic heterocycles. The third kappa shape index (κ3) is 2.66. The fraction of sp³-hybridized carbons (Fsp3) is 0.143. The van der Waals surface area contributed by atoms with Crippen molar-refractivity contribution in [3.8, 4) is 22.6 Å². The maximum absolute atomic E-state index is 12.1. The third-order valence-electron chi connectivity index (χ3n) is 4.20. The number of rotatable bonds is 3. The van der Waals surface area contributed by atoms with Gasteiger partial charge in [-0.05, 0) is 26.0 Å². The SMILES string of the molecule is CC(C)n1nc(-c2c(-c3ccccc3)oc3ccccc23)ccc1=O. The topological polar surface area (TPSA) is 48.0 Å². The van der Waals surface area contributed by atoms with Crippen molar-refractivity contribution in [3.63, 3.8) is 0 Å². The average Bonchev–Trinajstić information content (AvgIpc) is 3.02. The van der Waals surface area contributed by atoms with E-state index in [1.807, 2.05) is 68.4 Å². The molecule has 0 fully saturated rings. The highest BCUT2D eigenvalue weighted by atomic mass is 16.3. The van der Waals surface area contributed by atoms with Crippen molar-refractivity contribution in [1.82, 2.24) is 9.78 Å². The molecule has 4 nitrogen and oxygen atoms in total. The number of furan rings is 1. The van der Waals surface area contributed by atoms with Crippen LogP contribution < -0.4 is 5.56 Å². The Balaban J connectivity index is 2.04. The van der Waals surface area contributed by atoms with Crippen LogP contribution in [0.1, 0.15) is 19.9 Å². The quantitative estimate of drug-likeness (QED) is 0.536. The number of hydrogen-bond acceptors (Lipinski definition) is 3. The van der Waals surface area contributed by atoms with E-state index in [2.05, 4.69) is 5.10 Å². The first-order valence-corrected chi connectivity index (χ1v) is 8.32. The smallest absolute Gasteiger partial charge is 0.267 e. The highest BCUT2D eigenvalue weighted by molar-refractivity contribution is 6.00. The lowest BCUT2D eigenvalue weighted by Crippen LogP contribution is -2.23. The molecule has 0 aliphatic rings. The molecule has 0 N–H and O–H groups in total. The molecule has 4 rings (SSSR count). The number of fused-ring (bicyclic) bond motifs is 1. The molecule has 0 atom stereocenters. The second-order valence-corrected chi connectivity index (χ2v) is 6.26. The molecule has 2 heterocycles. The van der Waals surface area contributed by atoms with Crippen molar-refractivity contribution in [2.24, 2.45) is 0 Å². The summed E-state index contributed by atoms with van der Waals surface area (Å²) in [5, 5.41) is 5.58. The van der Waals surface area contributed by atoms with Crippen LogP contribution in [-0.2, 0) is 0 Å². The van der Waals surface area contributed by atoms with Crippen LogP contribution in [0.3, 0.4) is 0 Å². The first kappa shape index (κ1) is 15.4. The summed E-state index contributed by atoms with van der Waals surface area (Å²) in [4.78, 5) is 12.1. The molecule has 0 bridgehead atoms. The van der Waals surface area contributed by atoms with E-state index in [9.17, 15) is 4.79 Å². The van der Waals surface area contributed by atoms with Crippen molar-refractivity contribution in [2.45, 2.75) is 19.9 Å². The van der Waals surface area contributed by atoms with E-state index in [-0.39, 0.29) is 11.6 Å². The van der Waals surface area contributed by atoms with Crippen LogP contribution >= 0.6 is 0 Å². The minimum atomic E-state index is -0.104. The van der Waals surface area contributed by atoms with Crippen molar-refractivity contribution < 1.29 is 4.42 Å². The lowest BCUT2D eigenvalue weighted by Gasteiger charge is -2.10. The van der Waals surface area contributed by atoms with Gasteiger partial charge in [0.05, 0.1) is 17.3 Å². The van der Waals surface area contributed by atoms with Crippen molar-refractivity contribution in [3.05, 3.63) is 77.1 Å². The highest BCUT2D eigenvalue weighted by Gasteiger charge is 2.19. The molecule has 0 aliphatic carbocycles. The van der Waals surface area contributed by atoms with E-state index in [0.29, 0.717) is 0 Å². The van der Waals surface area contributed by atoms with Gasteiger partial charge in [-0.1, -0.05) is 48.5 Å². The zero-order valence-electron chi connectivity index (χ0n) is 14.1. The maximum atomic E-state index is 12.1. The summed E-state index contributed by atoms with van der Waals surface area (Å²) in [5.74, 6) is 0.767. The molecule has 0 unspecified atom stereocenters. The second kappa shape index (κ2) is 6.06. The first-order chi connectivity index (χ1) is 12.1. The maximum Gasteiger partial charge on any atom is 0.267 e. The zero-order chi connectivity index (χ0) is 17.4. The molecule has 2 aromatic carbocycles. The summed E-state index contributed by atoms with van der Waals surface area (Å²) < 4.78 is 7.65. The van der Waals surface area contributed by atoms with Crippen molar-refractivity contribution in [2.75, 3.05) is 0 Å². The third-order valence-corrected chi connectivity index (χ3v) is 4.20. The number of nitrogens with zero attached hydrogens (tertiary/aromatic N) is 2. The Labute approximate surface area is 145 Å². The highest BCUT2D eigenvalue weighted by Crippen LogP contribution is 2.39. The Bertz CT molecular complexity index is 1090. The molecule has 124 valence electrons. The predicted molar refractivity (Wildman–Crippen MR) is 99.5 cm³/mol. The van der Waals surface area contributed by atoms with Crippen LogP contribution in [-0.4, -0.2) is 9.78 Å². The van der Waals surface area contributed by atoms with Gasteiger partial charge in [0.1, 0.15) is 11.3 Å². The molecule has 0 saturated carbocycles. The van der Waals surface area contributed by atoms with Gasteiger partial charge >= 0.3 is 0 Å². The Morgan fingerprint density at radius 1 is 0.920 bits per heavy atom. The first-order valence-electron chi connectivity index (χ1n) is 8.32. The molecule has 4 heteroatoms. The molecule has 4 aromatic rings. The van der Waals surface area contributed by atoms with E-state index in [1.165, 1.54) is 4.68 Å². The van der Waals surface area contributed by atoms with Gasteiger partial charge in [-0.15, -0.1) is 0 Å². The Kier molecular flexibility index (Phi) is 3.73. The summed E-state index contributed by atoms with van der Waals surface area (Å²) in [6, 6.07) is 21.2. The molecule has 0 saturated heterocycles. The lowest BCUT2D eigenvalue weighted by atomic mass is 10.0. The van der Waals surface area contributed by atoms with E-state index < -0.39 is 0 Å². The standard InChI is InChI=1S/C21H18N2O2/c1-14(2)23-19(24)13-12-17(22-23)20-16-10-6-7-11-18(16)25-21(20)15-8-4-3-5-9-15/h3-14H,1-2H3. The van der Waals surface area contributed by atoms with Gasteiger partial charge in [-0.3, -0.25) is 4.79 Å². The summed E-state index contributed by atoms with van der Waals surface area (Å²) in [7, 11) is 0. The Morgan fingerprint density at radius 3 is 2.40 bits per heavy atom. The summed E-state index contributed by atoms with van der Waals surface area (Å²) in [6.07, 6.45) is 0. The van der Waals surface area contributed by atoms with Gasteiger partial charge in [0.2, 0.25) is 0 Å². The number of para-hydroxylation sites is 1. The molecule has 0 radical (unpaired) electrons. The minimum absolute atomic E-state index is 0.00853. The number of aromatic nitrogens is 2. The van der Waals surface area contributed by atoms with Crippen LogP contribution in [0.2, 0.25) is 0 Å². The molecule has 0 amide bonds. The Morgan fingerprint density at radius 2 is 1.64 bits per heavy atom. The lowest BCUT2D eigenvalue weighted by molar-refractivity contribution is 0.505. The van der Waals surface area contributed by atoms with Gasteiger partial charge in [0, 0.05) is 17.0 Å². The normalized spacial score (nSPS) is 11.3. The van der Waals surface area contributed by atoms with E-state index >= 15 is 0 Å². The second-order valence-electron chi connectivity index (χ2n) is 6.26.